The van der Waals surface area contributed by atoms with Gasteiger partial charge in [-0.3, -0.25) is 4.79 Å². The fourth-order valence-electron chi connectivity index (χ4n) is 1.42. The van der Waals surface area contributed by atoms with Crippen LogP contribution >= 0.6 is 0 Å². The van der Waals surface area contributed by atoms with Gasteiger partial charge in [-0.2, -0.15) is 0 Å². The van der Waals surface area contributed by atoms with Gasteiger partial charge in [-0.25, -0.2) is 8.78 Å². The van der Waals surface area contributed by atoms with E-state index >= 15 is 0 Å². The predicted octanol–water partition coefficient (Wildman–Crippen LogP) is 1.67. The Bertz CT molecular complexity index is 433. The number of phenolic OH excluding ortho intramolecular Hbond substituents is 1. The van der Waals surface area contributed by atoms with E-state index in [2.05, 4.69) is 0 Å². The molecule has 17 heavy (non-hydrogen) atoms. The lowest BCUT2D eigenvalue weighted by Crippen LogP contribution is -2.47. The van der Waals surface area contributed by atoms with Crippen LogP contribution in [-0.4, -0.2) is 21.7 Å². The van der Waals surface area contributed by atoms with Crippen LogP contribution in [0, 0.1) is 0 Å². The maximum atomic E-state index is 12.7. The summed E-state index contributed by atoms with van der Waals surface area (Å²) in [4.78, 5) is 10.8. The first kappa shape index (κ1) is 13.4. The van der Waals surface area contributed by atoms with Gasteiger partial charge in [-0.15, -0.1) is 0 Å². The van der Waals surface area contributed by atoms with Gasteiger partial charge in [0.05, 0.1) is 0 Å². The standard InChI is InChI=1S/C11H13F2NO3/c1-11(14,10(16)17)5-6-2-3-7(15)4-8(6)9(12)13/h2-4,9,15H,5,14H2,1H3,(H,16,17)/t11-/m0/s1. The average Bonchev–Trinajstić information content (AvgIpc) is 2.19. The number of benzene rings is 1. The highest BCUT2D eigenvalue weighted by molar-refractivity contribution is 5.78. The third-order valence-corrected chi connectivity index (χ3v) is 2.41. The van der Waals surface area contributed by atoms with Gasteiger partial charge in [-0.1, -0.05) is 6.07 Å². The van der Waals surface area contributed by atoms with Crippen LogP contribution in [0.4, 0.5) is 8.78 Å². The molecule has 0 saturated carbocycles. The highest BCUT2D eigenvalue weighted by Crippen LogP contribution is 2.28. The van der Waals surface area contributed by atoms with Crippen LogP contribution in [0.1, 0.15) is 24.5 Å². The fourth-order valence-corrected chi connectivity index (χ4v) is 1.42. The number of phenols is 1. The smallest absolute Gasteiger partial charge is 0.323 e. The van der Waals surface area contributed by atoms with E-state index in [9.17, 15) is 13.6 Å². The molecular weight excluding hydrogens is 232 g/mol. The second-order valence-electron chi connectivity index (χ2n) is 4.08. The van der Waals surface area contributed by atoms with E-state index in [1.165, 1.54) is 19.1 Å². The van der Waals surface area contributed by atoms with Crippen LogP contribution in [0.25, 0.3) is 0 Å². The number of halogens is 2. The first-order valence-corrected chi connectivity index (χ1v) is 4.86. The van der Waals surface area contributed by atoms with Crippen LogP contribution in [0.2, 0.25) is 0 Å². The van der Waals surface area contributed by atoms with Gasteiger partial charge in [0.2, 0.25) is 0 Å². The largest absolute Gasteiger partial charge is 0.508 e. The minimum Gasteiger partial charge on any atom is -0.508 e. The summed E-state index contributed by atoms with van der Waals surface area (Å²) < 4.78 is 25.4. The molecule has 0 bridgehead atoms. The number of carboxylic acid groups (broad SMARTS) is 1. The van der Waals surface area contributed by atoms with Crippen molar-refractivity contribution in [2.24, 2.45) is 5.73 Å². The third kappa shape index (κ3) is 3.13. The van der Waals surface area contributed by atoms with Gasteiger partial charge in [0.1, 0.15) is 11.3 Å². The van der Waals surface area contributed by atoms with Gasteiger partial charge in [0.25, 0.3) is 6.43 Å². The van der Waals surface area contributed by atoms with Crippen molar-refractivity contribution in [3.63, 3.8) is 0 Å². The molecule has 0 aliphatic carbocycles. The molecule has 1 rings (SSSR count). The van der Waals surface area contributed by atoms with E-state index in [-0.39, 0.29) is 17.7 Å². The summed E-state index contributed by atoms with van der Waals surface area (Å²) in [5.74, 6) is -1.57. The van der Waals surface area contributed by atoms with Crippen LogP contribution in [0.3, 0.4) is 0 Å². The van der Waals surface area contributed by atoms with Crippen molar-refractivity contribution in [3.05, 3.63) is 29.3 Å². The van der Waals surface area contributed by atoms with Gasteiger partial charge < -0.3 is 15.9 Å². The molecule has 0 aliphatic rings. The summed E-state index contributed by atoms with van der Waals surface area (Å²) in [6.45, 7) is 1.25. The molecule has 4 N–H and O–H groups in total. The molecule has 0 saturated heterocycles. The number of rotatable bonds is 4. The van der Waals surface area contributed by atoms with Gasteiger partial charge in [-0.05, 0) is 24.6 Å². The van der Waals surface area contributed by atoms with Crippen LogP contribution in [0.5, 0.6) is 5.75 Å². The number of carboxylic acids is 1. The number of hydrogen-bond donors (Lipinski definition) is 3. The molecule has 1 atom stereocenters. The molecule has 0 aromatic heterocycles. The Balaban J connectivity index is 3.10. The lowest BCUT2D eigenvalue weighted by molar-refractivity contribution is -0.142. The van der Waals surface area contributed by atoms with Crippen molar-refractivity contribution in [2.75, 3.05) is 0 Å². The molecule has 0 heterocycles. The van der Waals surface area contributed by atoms with E-state index in [1.807, 2.05) is 0 Å². The summed E-state index contributed by atoms with van der Waals surface area (Å²) in [5.41, 5.74) is 3.58. The minimum atomic E-state index is -2.79. The first-order chi connectivity index (χ1) is 7.74. The van der Waals surface area contributed by atoms with Crippen LogP contribution in [0.15, 0.2) is 18.2 Å². The molecular formula is C11H13F2NO3. The molecule has 1 aromatic rings. The Kier molecular flexibility index (Phi) is 3.67. The zero-order valence-corrected chi connectivity index (χ0v) is 9.15. The molecule has 0 aliphatic heterocycles. The summed E-state index contributed by atoms with van der Waals surface area (Å²) in [6.07, 6.45) is -3.02. The molecule has 0 unspecified atom stereocenters. The molecule has 94 valence electrons. The highest BCUT2D eigenvalue weighted by Gasteiger charge is 2.30. The van der Waals surface area contributed by atoms with Crippen molar-refractivity contribution >= 4 is 5.97 Å². The zero-order chi connectivity index (χ0) is 13.2. The van der Waals surface area contributed by atoms with Crippen molar-refractivity contribution in [1.29, 1.82) is 0 Å². The number of alkyl halides is 2. The second kappa shape index (κ2) is 4.67. The van der Waals surface area contributed by atoms with E-state index in [0.717, 1.165) is 6.07 Å². The summed E-state index contributed by atoms with van der Waals surface area (Å²) in [5, 5.41) is 17.9. The molecule has 4 nitrogen and oxygen atoms in total. The van der Waals surface area contributed by atoms with Crippen molar-refractivity contribution in [3.8, 4) is 5.75 Å². The number of hydrogen-bond acceptors (Lipinski definition) is 3. The maximum Gasteiger partial charge on any atom is 0.323 e. The topological polar surface area (TPSA) is 83.5 Å². The molecule has 0 spiro atoms. The van der Waals surface area contributed by atoms with Crippen LogP contribution < -0.4 is 5.73 Å². The lowest BCUT2D eigenvalue weighted by Gasteiger charge is -2.20. The molecule has 0 radical (unpaired) electrons. The minimum absolute atomic E-state index is 0.116. The Morgan fingerprint density at radius 2 is 2.12 bits per heavy atom. The van der Waals surface area contributed by atoms with Crippen molar-refractivity contribution in [1.82, 2.24) is 0 Å². The zero-order valence-electron chi connectivity index (χ0n) is 9.15. The predicted molar refractivity (Wildman–Crippen MR) is 57.0 cm³/mol. The average molecular weight is 245 g/mol. The highest BCUT2D eigenvalue weighted by atomic mass is 19.3. The first-order valence-electron chi connectivity index (χ1n) is 4.86. The Morgan fingerprint density at radius 3 is 2.59 bits per heavy atom. The van der Waals surface area contributed by atoms with E-state index in [1.54, 1.807) is 0 Å². The number of aliphatic carboxylic acids is 1. The SMILES string of the molecule is C[C@](N)(Cc1ccc(O)cc1C(F)F)C(=O)O. The molecule has 6 heteroatoms. The van der Waals surface area contributed by atoms with Gasteiger partial charge >= 0.3 is 5.97 Å². The number of carbonyl (C=O) groups is 1. The van der Waals surface area contributed by atoms with Gasteiger partial charge in [0, 0.05) is 12.0 Å². The molecule has 0 amide bonds. The summed E-state index contributed by atoms with van der Waals surface area (Å²) in [7, 11) is 0. The van der Waals surface area contributed by atoms with E-state index < -0.39 is 23.5 Å². The van der Waals surface area contributed by atoms with Crippen molar-refractivity contribution < 1.29 is 23.8 Å². The van der Waals surface area contributed by atoms with E-state index in [0.29, 0.717) is 0 Å². The molecule has 0 fully saturated rings. The number of nitrogens with two attached hydrogens (primary N) is 1. The molecule has 1 aromatic carbocycles. The summed E-state index contributed by atoms with van der Waals surface area (Å²) >= 11 is 0. The van der Waals surface area contributed by atoms with Gasteiger partial charge in [0.15, 0.2) is 0 Å². The monoisotopic (exact) mass is 245 g/mol. The quantitative estimate of drug-likeness (QED) is 0.753. The Hall–Kier alpha value is -1.69. The number of aromatic hydroxyl groups is 1. The van der Waals surface area contributed by atoms with Crippen LogP contribution in [-0.2, 0) is 11.2 Å². The van der Waals surface area contributed by atoms with E-state index in [4.69, 9.17) is 15.9 Å². The maximum absolute atomic E-state index is 12.7. The normalized spacial score (nSPS) is 14.6. The second-order valence-corrected chi connectivity index (χ2v) is 4.08. The third-order valence-electron chi connectivity index (χ3n) is 2.41. The Labute approximate surface area is 96.7 Å². The van der Waals surface area contributed by atoms with Crippen molar-refractivity contribution in [2.45, 2.75) is 25.3 Å². The Morgan fingerprint density at radius 1 is 1.53 bits per heavy atom. The summed E-state index contributed by atoms with van der Waals surface area (Å²) in [6, 6.07) is 3.39. The fraction of sp³-hybridized carbons (Fsp3) is 0.364. The lowest BCUT2D eigenvalue weighted by atomic mass is 9.91.